The van der Waals surface area contributed by atoms with Crippen LogP contribution < -0.4 is 5.48 Å². The second-order valence-electron chi connectivity index (χ2n) is 8.56. The Bertz CT molecular complexity index is 1160. The molecule has 3 unspecified atom stereocenters. The highest BCUT2D eigenvalue weighted by atomic mass is 32.2. The van der Waals surface area contributed by atoms with Crippen molar-refractivity contribution in [3.63, 3.8) is 0 Å². The number of hydrogen-bond donors (Lipinski definition) is 3. The number of hydroxylamine groups is 1. The lowest BCUT2D eigenvalue weighted by molar-refractivity contribution is -0.132. The Morgan fingerprint density at radius 2 is 1.91 bits per heavy atom. The van der Waals surface area contributed by atoms with E-state index in [-0.39, 0.29) is 12.8 Å². The minimum atomic E-state index is -3.88. The monoisotopic (exact) mass is 478 g/mol. The molecule has 3 rings (SSSR count). The lowest BCUT2D eigenvalue weighted by Crippen LogP contribution is -2.51. The third-order valence-electron chi connectivity index (χ3n) is 5.85. The summed E-state index contributed by atoms with van der Waals surface area (Å²) in [4.78, 5) is 17.3. The number of nitrogens with zero attached hydrogens (tertiary/aromatic N) is 1. The number of benzene rings is 2. The molecule has 178 valence electrons. The number of aliphatic hydroxyl groups excluding tert-OH is 1. The van der Waals surface area contributed by atoms with E-state index in [1.807, 2.05) is 12.1 Å². The third-order valence-corrected chi connectivity index (χ3v) is 7.84. The largest absolute Gasteiger partial charge is 0.393 e. The topological polar surface area (TPSA) is 125 Å². The van der Waals surface area contributed by atoms with Gasteiger partial charge in [-0.3, -0.25) is 10.0 Å². The van der Waals surface area contributed by atoms with Gasteiger partial charge in [0.15, 0.2) is 14.6 Å². The molecule has 1 aliphatic heterocycles. The van der Waals surface area contributed by atoms with Gasteiger partial charge in [-0.25, -0.2) is 18.3 Å². The number of oxime groups is 1. The molecule has 1 aliphatic rings. The quantitative estimate of drug-likeness (QED) is 0.396. The van der Waals surface area contributed by atoms with Gasteiger partial charge in [0.1, 0.15) is 11.9 Å². The number of nitrogens with one attached hydrogen (secondary N) is 1. The number of sulfone groups is 1. The Labute approximate surface area is 192 Å². The molecule has 0 saturated carbocycles. The van der Waals surface area contributed by atoms with Gasteiger partial charge in [-0.2, -0.15) is 0 Å². The van der Waals surface area contributed by atoms with Crippen molar-refractivity contribution in [3.05, 3.63) is 59.4 Å². The summed E-state index contributed by atoms with van der Waals surface area (Å²) in [6, 6.07) is 11.9. The van der Waals surface area contributed by atoms with Crippen molar-refractivity contribution in [2.45, 2.75) is 50.1 Å². The maximum atomic E-state index is 14.9. The van der Waals surface area contributed by atoms with E-state index in [0.29, 0.717) is 28.8 Å². The zero-order chi connectivity index (χ0) is 24.4. The number of amides is 1. The molecule has 3 atom stereocenters. The lowest BCUT2D eigenvalue weighted by Gasteiger charge is -2.26. The van der Waals surface area contributed by atoms with Crippen molar-refractivity contribution in [2.24, 2.45) is 5.16 Å². The van der Waals surface area contributed by atoms with Crippen LogP contribution in [0.15, 0.2) is 47.6 Å². The van der Waals surface area contributed by atoms with Crippen LogP contribution in [-0.4, -0.2) is 53.6 Å². The Hall–Kier alpha value is -2.82. The fourth-order valence-electron chi connectivity index (χ4n) is 3.76. The molecule has 1 amide bonds. The molecule has 0 saturated heterocycles. The summed E-state index contributed by atoms with van der Waals surface area (Å²) >= 11 is 0. The van der Waals surface area contributed by atoms with Crippen LogP contribution in [0.3, 0.4) is 0 Å². The molecule has 33 heavy (non-hydrogen) atoms. The molecule has 0 aromatic heterocycles. The summed E-state index contributed by atoms with van der Waals surface area (Å²) in [5.74, 6) is -1.51. The summed E-state index contributed by atoms with van der Waals surface area (Å²) in [7, 11) is -3.88. The molecule has 1 heterocycles. The third kappa shape index (κ3) is 5.40. The van der Waals surface area contributed by atoms with E-state index in [1.54, 1.807) is 31.2 Å². The van der Waals surface area contributed by atoms with Crippen LogP contribution in [-0.2, 0) is 25.9 Å². The van der Waals surface area contributed by atoms with Crippen molar-refractivity contribution in [1.82, 2.24) is 5.48 Å². The van der Waals surface area contributed by atoms with Crippen LogP contribution in [0, 0.1) is 5.82 Å². The second-order valence-corrected chi connectivity index (χ2v) is 11.0. The highest BCUT2D eigenvalue weighted by molar-refractivity contribution is 7.92. The summed E-state index contributed by atoms with van der Waals surface area (Å²) in [5, 5.41) is 22.4. The number of carbonyl (C=O) groups excluding carboxylic acids is 1. The SMILES string of the molecule is CC(O)Cc1ccc(-c2ccc(C3=NOC(CC(C)(C(=O)NO)S(C)(=O)=O)C3)cc2F)cc1. The Kier molecular flexibility index (Phi) is 7.20. The highest BCUT2D eigenvalue weighted by Gasteiger charge is 2.47. The molecular weight excluding hydrogens is 451 g/mol. The first kappa shape index (κ1) is 24.8. The van der Waals surface area contributed by atoms with E-state index < -0.39 is 38.5 Å². The number of carbonyl (C=O) groups is 1. The highest BCUT2D eigenvalue weighted by Crippen LogP contribution is 2.31. The number of rotatable bonds is 8. The molecule has 0 aliphatic carbocycles. The van der Waals surface area contributed by atoms with Gasteiger partial charge in [-0.05, 0) is 37.5 Å². The van der Waals surface area contributed by atoms with Crippen LogP contribution in [0.4, 0.5) is 4.39 Å². The van der Waals surface area contributed by atoms with Crippen molar-refractivity contribution >= 4 is 21.5 Å². The first-order valence-corrected chi connectivity index (χ1v) is 12.3. The molecule has 0 radical (unpaired) electrons. The zero-order valence-corrected chi connectivity index (χ0v) is 19.4. The summed E-state index contributed by atoms with van der Waals surface area (Å²) in [6.07, 6.45) is 0.173. The lowest BCUT2D eigenvalue weighted by atomic mass is 9.95. The van der Waals surface area contributed by atoms with E-state index in [1.165, 1.54) is 18.5 Å². The minimum Gasteiger partial charge on any atom is -0.393 e. The van der Waals surface area contributed by atoms with E-state index >= 15 is 0 Å². The maximum Gasteiger partial charge on any atom is 0.264 e. The molecule has 0 fully saturated rings. The van der Waals surface area contributed by atoms with Gasteiger partial charge in [0.2, 0.25) is 0 Å². The van der Waals surface area contributed by atoms with Gasteiger partial charge >= 0.3 is 0 Å². The minimum absolute atomic E-state index is 0.177. The molecule has 10 heteroatoms. The second kappa shape index (κ2) is 9.58. The molecule has 0 spiro atoms. The normalized spacial score (nSPS) is 18.7. The molecule has 3 N–H and O–H groups in total. The van der Waals surface area contributed by atoms with E-state index in [0.717, 1.165) is 11.8 Å². The van der Waals surface area contributed by atoms with Gasteiger partial charge in [-0.1, -0.05) is 41.6 Å². The van der Waals surface area contributed by atoms with Gasteiger partial charge in [-0.15, -0.1) is 0 Å². The van der Waals surface area contributed by atoms with Crippen molar-refractivity contribution in [1.29, 1.82) is 0 Å². The first-order chi connectivity index (χ1) is 15.4. The first-order valence-electron chi connectivity index (χ1n) is 10.4. The summed E-state index contributed by atoms with van der Waals surface area (Å²) < 4.78 is 37.3. The smallest absolute Gasteiger partial charge is 0.264 e. The molecule has 2 aromatic carbocycles. The van der Waals surface area contributed by atoms with Crippen LogP contribution >= 0.6 is 0 Å². The maximum absolute atomic E-state index is 14.9. The van der Waals surface area contributed by atoms with E-state index in [9.17, 15) is 22.7 Å². The Balaban J connectivity index is 1.74. The van der Waals surface area contributed by atoms with Crippen LogP contribution in [0.1, 0.15) is 37.8 Å². The number of hydrogen-bond acceptors (Lipinski definition) is 7. The zero-order valence-electron chi connectivity index (χ0n) is 18.6. The van der Waals surface area contributed by atoms with E-state index in [4.69, 9.17) is 10.0 Å². The fraction of sp³-hybridized carbons (Fsp3) is 0.391. The van der Waals surface area contributed by atoms with E-state index in [2.05, 4.69) is 5.16 Å². The fourth-order valence-corrected chi connectivity index (χ4v) is 4.63. The van der Waals surface area contributed by atoms with Gasteiger partial charge in [0, 0.05) is 30.2 Å². The standard InChI is InChI=1S/C23H27FN2O6S/c1-14(27)10-15-4-6-16(7-5-15)19-9-8-17(11-20(19)24)21-12-18(32-26-21)13-23(2,22(28)25-29)33(3,30)31/h4-9,11,14,18,27,29H,10,12-13H2,1-3H3,(H,25,28). The summed E-state index contributed by atoms with van der Waals surface area (Å²) in [6.45, 7) is 2.91. The molecule has 0 bridgehead atoms. The van der Waals surface area contributed by atoms with Gasteiger partial charge < -0.3 is 9.94 Å². The number of aliphatic hydroxyl groups is 1. The van der Waals surface area contributed by atoms with Crippen molar-refractivity contribution < 1.29 is 32.8 Å². The Morgan fingerprint density at radius 1 is 1.27 bits per heavy atom. The molecular formula is C23H27FN2O6S. The predicted molar refractivity (Wildman–Crippen MR) is 121 cm³/mol. The summed E-state index contributed by atoms with van der Waals surface area (Å²) in [5.41, 5.74) is 4.35. The number of halogens is 1. The van der Waals surface area contributed by atoms with Crippen molar-refractivity contribution in [2.75, 3.05) is 6.26 Å². The van der Waals surface area contributed by atoms with Crippen LogP contribution in [0.25, 0.3) is 11.1 Å². The Morgan fingerprint density at radius 3 is 2.45 bits per heavy atom. The van der Waals surface area contributed by atoms with Crippen LogP contribution in [0.2, 0.25) is 0 Å². The average molecular weight is 479 g/mol. The van der Waals surface area contributed by atoms with Gasteiger partial charge in [0.25, 0.3) is 5.91 Å². The van der Waals surface area contributed by atoms with Gasteiger partial charge in [0.05, 0.1) is 11.8 Å². The average Bonchev–Trinajstić information content (AvgIpc) is 3.20. The predicted octanol–water partition coefficient (Wildman–Crippen LogP) is 2.61. The molecule has 2 aromatic rings. The van der Waals surface area contributed by atoms with Crippen LogP contribution in [0.5, 0.6) is 0 Å². The van der Waals surface area contributed by atoms with Crippen molar-refractivity contribution in [3.8, 4) is 11.1 Å². The molecule has 8 nitrogen and oxygen atoms in total.